The van der Waals surface area contributed by atoms with Gasteiger partial charge in [0, 0.05) is 11.6 Å². The van der Waals surface area contributed by atoms with E-state index in [0.29, 0.717) is 17.2 Å². The molecule has 0 spiro atoms. The molecule has 3 rings (SSSR count). The predicted molar refractivity (Wildman–Crippen MR) is 66.1 cm³/mol. The van der Waals surface area contributed by atoms with Gasteiger partial charge in [-0.1, -0.05) is 11.6 Å². The normalized spacial score (nSPS) is 10.9. The summed E-state index contributed by atoms with van der Waals surface area (Å²) in [7, 11) is 0. The summed E-state index contributed by atoms with van der Waals surface area (Å²) in [4.78, 5) is 15.1. The fourth-order valence-electron chi connectivity index (χ4n) is 1.57. The summed E-state index contributed by atoms with van der Waals surface area (Å²) < 4.78 is 1.53. The second-order valence-corrected chi connectivity index (χ2v) is 4.60. The maximum absolute atomic E-state index is 11.0. The van der Waals surface area contributed by atoms with E-state index in [2.05, 4.69) is 15.2 Å². The zero-order chi connectivity index (χ0) is 12.7. The topological polar surface area (TPSA) is 80.4 Å². The minimum atomic E-state index is -1.06. The average Bonchev–Trinajstić information content (AvgIpc) is 2.96. The van der Waals surface area contributed by atoms with Gasteiger partial charge in [0.15, 0.2) is 11.5 Å². The molecule has 3 heterocycles. The van der Waals surface area contributed by atoms with Gasteiger partial charge in [0.25, 0.3) is 0 Å². The molecule has 90 valence electrons. The molecule has 3 aromatic rings. The van der Waals surface area contributed by atoms with Crippen molar-refractivity contribution in [2.24, 2.45) is 0 Å². The second-order valence-electron chi connectivity index (χ2n) is 3.47. The van der Waals surface area contributed by atoms with E-state index in [-0.39, 0.29) is 10.6 Å². The Morgan fingerprint density at radius 2 is 2.28 bits per heavy atom. The lowest BCUT2D eigenvalue weighted by atomic mass is 10.3. The molecule has 8 heteroatoms. The molecule has 0 amide bonds. The van der Waals surface area contributed by atoms with Crippen molar-refractivity contribution in [1.82, 2.24) is 19.6 Å². The summed E-state index contributed by atoms with van der Waals surface area (Å²) >= 11 is 7.40. The minimum Gasteiger partial charge on any atom is -0.478 e. The van der Waals surface area contributed by atoms with Gasteiger partial charge in [0.2, 0.25) is 0 Å². The van der Waals surface area contributed by atoms with E-state index >= 15 is 0 Å². The van der Waals surface area contributed by atoms with Crippen LogP contribution in [0.25, 0.3) is 17.2 Å². The SMILES string of the molecule is O=C(O)c1cc(Cl)c2nnc(-c3cscn3)n2c1. The fraction of sp³-hybridized carbons (Fsp3) is 0. The van der Waals surface area contributed by atoms with Gasteiger partial charge in [0.05, 0.1) is 16.1 Å². The quantitative estimate of drug-likeness (QED) is 0.778. The number of aromatic nitrogens is 4. The third kappa shape index (κ3) is 1.64. The Bertz CT molecular complexity index is 738. The smallest absolute Gasteiger partial charge is 0.337 e. The molecule has 6 nitrogen and oxygen atoms in total. The lowest BCUT2D eigenvalue weighted by Gasteiger charge is -2.00. The van der Waals surface area contributed by atoms with Crippen LogP contribution in [0.2, 0.25) is 5.02 Å². The molecule has 0 unspecified atom stereocenters. The van der Waals surface area contributed by atoms with Gasteiger partial charge in [-0.2, -0.15) is 0 Å². The summed E-state index contributed by atoms with van der Waals surface area (Å²) in [6, 6.07) is 1.35. The third-order valence-electron chi connectivity index (χ3n) is 2.37. The van der Waals surface area contributed by atoms with Crippen LogP contribution in [-0.4, -0.2) is 30.7 Å². The number of nitrogens with zero attached hydrogens (tertiary/aromatic N) is 4. The number of thiazole rings is 1. The molecule has 0 atom stereocenters. The van der Waals surface area contributed by atoms with E-state index in [1.165, 1.54) is 28.0 Å². The molecule has 0 saturated heterocycles. The standard InChI is InChI=1S/C10H5ClN4O2S/c11-6-1-5(10(16)17)2-15-8(6)13-14-9(15)7-3-18-4-12-7/h1-4H,(H,16,17). The second kappa shape index (κ2) is 4.04. The maximum atomic E-state index is 11.0. The molecular weight excluding hydrogens is 276 g/mol. The highest BCUT2D eigenvalue weighted by Gasteiger charge is 2.15. The average molecular weight is 281 g/mol. The number of rotatable bonds is 2. The number of pyridine rings is 1. The van der Waals surface area contributed by atoms with Crippen molar-refractivity contribution in [1.29, 1.82) is 0 Å². The lowest BCUT2D eigenvalue weighted by molar-refractivity contribution is 0.0696. The number of carbonyl (C=O) groups is 1. The number of carboxylic acid groups (broad SMARTS) is 1. The van der Waals surface area contributed by atoms with Gasteiger partial charge in [-0.3, -0.25) is 4.40 Å². The first-order chi connectivity index (χ1) is 8.66. The van der Waals surface area contributed by atoms with Crippen molar-refractivity contribution in [3.05, 3.63) is 33.7 Å². The summed E-state index contributed by atoms with van der Waals surface area (Å²) in [6.07, 6.45) is 1.43. The monoisotopic (exact) mass is 280 g/mol. The van der Waals surface area contributed by atoms with E-state index < -0.39 is 5.97 Å². The Balaban J connectivity index is 2.32. The predicted octanol–water partition coefficient (Wildman–Crippen LogP) is 2.20. The molecule has 0 radical (unpaired) electrons. The van der Waals surface area contributed by atoms with Crippen molar-refractivity contribution >= 4 is 34.6 Å². The molecular formula is C10H5ClN4O2S. The first-order valence-corrected chi connectivity index (χ1v) is 6.15. The summed E-state index contributed by atoms with van der Waals surface area (Å²) in [5, 5.41) is 19.0. The van der Waals surface area contributed by atoms with Crippen LogP contribution in [0, 0.1) is 0 Å². The van der Waals surface area contributed by atoms with Crippen molar-refractivity contribution in [3.8, 4) is 11.5 Å². The molecule has 0 aliphatic carbocycles. The first kappa shape index (κ1) is 11.1. The summed E-state index contributed by atoms with van der Waals surface area (Å²) in [5.74, 6) is -0.590. The van der Waals surface area contributed by atoms with Crippen LogP contribution < -0.4 is 0 Å². The highest BCUT2D eigenvalue weighted by atomic mass is 35.5. The summed E-state index contributed by atoms with van der Waals surface area (Å²) in [6.45, 7) is 0. The van der Waals surface area contributed by atoms with Crippen molar-refractivity contribution in [3.63, 3.8) is 0 Å². The van der Waals surface area contributed by atoms with Crippen molar-refractivity contribution < 1.29 is 9.90 Å². The Kier molecular flexibility index (Phi) is 2.49. The van der Waals surface area contributed by atoms with Crippen molar-refractivity contribution in [2.75, 3.05) is 0 Å². The molecule has 3 aromatic heterocycles. The largest absolute Gasteiger partial charge is 0.478 e. The van der Waals surface area contributed by atoms with E-state index in [1.807, 2.05) is 0 Å². The van der Waals surface area contributed by atoms with Gasteiger partial charge >= 0.3 is 5.97 Å². The molecule has 0 aliphatic heterocycles. The summed E-state index contributed by atoms with van der Waals surface area (Å²) in [5.41, 5.74) is 2.78. The third-order valence-corrected chi connectivity index (χ3v) is 3.23. The van der Waals surface area contributed by atoms with Crippen LogP contribution in [0.3, 0.4) is 0 Å². The van der Waals surface area contributed by atoms with Gasteiger partial charge in [-0.25, -0.2) is 9.78 Å². The highest BCUT2D eigenvalue weighted by molar-refractivity contribution is 7.07. The lowest BCUT2D eigenvalue weighted by Crippen LogP contribution is -2.00. The van der Waals surface area contributed by atoms with Crippen LogP contribution in [0.1, 0.15) is 10.4 Å². The Morgan fingerprint density at radius 1 is 1.44 bits per heavy atom. The number of aromatic carboxylic acids is 1. The van der Waals surface area contributed by atoms with E-state index in [4.69, 9.17) is 16.7 Å². The van der Waals surface area contributed by atoms with Gasteiger partial charge < -0.3 is 5.11 Å². The van der Waals surface area contributed by atoms with Gasteiger partial charge in [-0.15, -0.1) is 21.5 Å². The Morgan fingerprint density at radius 3 is 2.94 bits per heavy atom. The van der Waals surface area contributed by atoms with Crippen molar-refractivity contribution in [2.45, 2.75) is 0 Å². The molecule has 0 aliphatic rings. The molecule has 1 N–H and O–H groups in total. The van der Waals surface area contributed by atoms with E-state index in [1.54, 1.807) is 10.9 Å². The van der Waals surface area contributed by atoms with E-state index in [0.717, 1.165) is 0 Å². The van der Waals surface area contributed by atoms with E-state index in [9.17, 15) is 4.79 Å². The van der Waals surface area contributed by atoms with Crippen LogP contribution in [0.4, 0.5) is 0 Å². The Hall–Kier alpha value is -1.99. The number of fused-ring (bicyclic) bond motifs is 1. The van der Waals surface area contributed by atoms with Crippen LogP contribution >= 0.6 is 22.9 Å². The number of halogens is 1. The highest BCUT2D eigenvalue weighted by Crippen LogP contribution is 2.23. The van der Waals surface area contributed by atoms with Gasteiger partial charge in [-0.05, 0) is 6.07 Å². The molecule has 0 aromatic carbocycles. The first-order valence-electron chi connectivity index (χ1n) is 4.83. The molecule has 0 saturated carbocycles. The molecule has 0 bridgehead atoms. The van der Waals surface area contributed by atoms with Crippen LogP contribution in [0.15, 0.2) is 23.2 Å². The number of hydrogen-bond acceptors (Lipinski definition) is 5. The van der Waals surface area contributed by atoms with Gasteiger partial charge in [0.1, 0.15) is 5.69 Å². The Labute approximate surface area is 109 Å². The zero-order valence-electron chi connectivity index (χ0n) is 8.74. The molecule has 18 heavy (non-hydrogen) atoms. The van der Waals surface area contributed by atoms with Crippen LogP contribution in [0.5, 0.6) is 0 Å². The number of carboxylic acids is 1. The number of hydrogen-bond donors (Lipinski definition) is 1. The minimum absolute atomic E-state index is 0.0729. The molecule has 0 fully saturated rings. The van der Waals surface area contributed by atoms with Crippen LogP contribution in [-0.2, 0) is 0 Å². The fourth-order valence-corrected chi connectivity index (χ4v) is 2.35. The maximum Gasteiger partial charge on any atom is 0.337 e. The zero-order valence-corrected chi connectivity index (χ0v) is 10.3.